The van der Waals surface area contributed by atoms with Crippen molar-refractivity contribution in [2.75, 3.05) is 13.2 Å². The van der Waals surface area contributed by atoms with Gasteiger partial charge in [0, 0.05) is 19.3 Å². The number of carbonyl (C=O) groups excluding carboxylic acids is 3. The van der Waals surface area contributed by atoms with Gasteiger partial charge < -0.3 is 14.2 Å². The molecule has 6 nitrogen and oxygen atoms in total. The van der Waals surface area contributed by atoms with Gasteiger partial charge in [-0.05, 0) is 38.5 Å². The summed E-state index contributed by atoms with van der Waals surface area (Å²) in [5.41, 5.74) is 0. The molecule has 0 aromatic carbocycles. The smallest absolute Gasteiger partial charge is 0.306 e. The second-order valence-corrected chi connectivity index (χ2v) is 17.8. The van der Waals surface area contributed by atoms with Gasteiger partial charge >= 0.3 is 17.9 Å². The monoisotopic (exact) mass is 833 g/mol. The van der Waals surface area contributed by atoms with Crippen LogP contribution in [0.5, 0.6) is 0 Å². The predicted molar refractivity (Wildman–Crippen MR) is 252 cm³/mol. The molecule has 0 saturated carbocycles. The third-order valence-electron chi connectivity index (χ3n) is 11.8. The number of unbranched alkanes of at least 4 members (excludes halogenated alkanes) is 35. The highest BCUT2D eigenvalue weighted by atomic mass is 16.6. The molecule has 0 aliphatic rings. The Labute approximate surface area is 367 Å². The number of hydrogen-bond acceptors (Lipinski definition) is 6. The molecule has 0 fully saturated rings. The van der Waals surface area contributed by atoms with E-state index in [1.807, 2.05) is 0 Å². The molecule has 1 atom stereocenters. The van der Waals surface area contributed by atoms with Crippen LogP contribution in [0.1, 0.15) is 290 Å². The molecular weight excluding hydrogens is 733 g/mol. The Bertz CT molecular complexity index is 916. The van der Waals surface area contributed by atoms with Crippen LogP contribution in [0.15, 0.2) is 12.2 Å². The van der Waals surface area contributed by atoms with Crippen LogP contribution in [0.25, 0.3) is 0 Å². The molecule has 0 spiro atoms. The summed E-state index contributed by atoms with van der Waals surface area (Å²) < 4.78 is 16.8. The largest absolute Gasteiger partial charge is 0.462 e. The summed E-state index contributed by atoms with van der Waals surface area (Å²) in [4.78, 5) is 37.9. The van der Waals surface area contributed by atoms with Crippen molar-refractivity contribution in [1.82, 2.24) is 0 Å². The first-order valence-electron chi connectivity index (χ1n) is 26.2. The molecule has 0 aromatic heterocycles. The minimum absolute atomic E-state index is 0.0682. The molecule has 0 bridgehead atoms. The molecule has 0 rings (SSSR count). The molecular formula is C53H100O6. The highest BCUT2D eigenvalue weighted by Gasteiger charge is 2.19. The van der Waals surface area contributed by atoms with E-state index in [1.54, 1.807) is 0 Å². The van der Waals surface area contributed by atoms with Crippen LogP contribution in [-0.4, -0.2) is 37.2 Å². The number of ether oxygens (including phenoxy) is 3. The Morgan fingerprint density at radius 1 is 0.322 bits per heavy atom. The second kappa shape index (κ2) is 48.8. The standard InChI is InChI=1S/C53H100O6/c1-4-7-10-13-16-19-22-24-25-26-27-28-30-31-34-37-40-43-46-52(55)58-49-50(48-57-51(54)45-42-39-36-33-21-18-15-12-9-6-3)59-53(56)47-44-41-38-35-32-29-23-20-17-14-11-8-5-2/h15,18,50H,4-14,16-17,19-49H2,1-3H3/b18-15-. The number of allylic oxidation sites excluding steroid dienone is 2. The minimum Gasteiger partial charge on any atom is -0.462 e. The van der Waals surface area contributed by atoms with Gasteiger partial charge in [0.1, 0.15) is 13.2 Å². The maximum absolute atomic E-state index is 12.8. The van der Waals surface area contributed by atoms with Gasteiger partial charge in [-0.25, -0.2) is 0 Å². The summed E-state index contributed by atoms with van der Waals surface area (Å²) in [7, 11) is 0. The summed E-state index contributed by atoms with van der Waals surface area (Å²) in [6, 6.07) is 0. The molecule has 0 saturated heterocycles. The molecule has 0 N–H and O–H groups in total. The summed E-state index contributed by atoms with van der Waals surface area (Å²) in [6.07, 6.45) is 53.4. The van der Waals surface area contributed by atoms with E-state index in [1.165, 1.54) is 173 Å². The maximum atomic E-state index is 12.8. The number of hydrogen-bond donors (Lipinski definition) is 0. The van der Waals surface area contributed by atoms with Crippen LogP contribution in [-0.2, 0) is 28.6 Å². The van der Waals surface area contributed by atoms with Crippen molar-refractivity contribution < 1.29 is 28.6 Å². The van der Waals surface area contributed by atoms with Crippen LogP contribution in [0.4, 0.5) is 0 Å². The van der Waals surface area contributed by atoms with E-state index in [-0.39, 0.29) is 31.1 Å². The Hall–Kier alpha value is -1.85. The molecule has 1 unspecified atom stereocenters. The van der Waals surface area contributed by atoms with Gasteiger partial charge in [0.15, 0.2) is 6.10 Å². The van der Waals surface area contributed by atoms with E-state index in [9.17, 15) is 14.4 Å². The number of esters is 3. The van der Waals surface area contributed by atoms with Gasteiger partial charge in [-0.3, -0.25) is 14.4 Å². The zero-order valence-corrected chi connectivity index (χ0v) is 39.8. The average molecular weight is 833 g/mol. The van der Waals surface area contributed by atoms with Crippen LogP contribution < -0.4 is 0 Å². The van der Waals surface area contributed by atoms with E-state index in [0.29, 0.717) is 19.3 Å². The normalized spacial score (nSPS) is 12.0. The first kappa shape index (κ1) is 57.1. The van der Waals surface area contributed by atoms with Gasteiger partial charge in [0.05, 0.1) is 0 Å². The first-order chi connectivity index (χ1) is 29.0. The fraction of sp³-hybridized carbons (Fsp3) is 0.906. The average Bonchev–Trinajstić information content (AvgIpc) is 3.23. The molecule has 348 valence electrons. The Morgan fingerprint density at radius 2 is 0.576 bits per heavy atom. The van der Waals surface area contributed by atoms with Crippen LogP contribution >= 0.6 is 0 Å². The third kappa shape index (κ3) is 47.1. The van der Waals surface area contributed by atoms with Gasteiger partial charge in [0.25, 0.3) is 0 Å². The lowest BCUT2D eigenvalue weighted by molar-refractivity contribution is -0.167. The number of carbonyl (C=O) groups is 3. The summed E-state index contributed by atoms with van der Waals surface area (Å²) in [5.74, 6) is -0.866. The molecule has 0 heterocycles. The predicted octanol–water partition coefficient (Wildman–Crippen LogP) is 17.0. The Balaban J connectivity index is 4.26. The molecule has 0 aromatic rings. The fourth-order valence-corrected chi connectivity index (χ4v) is 7.78. The lowest BCUT2D eigenvalue weighted by Crippen LogP contribution is -2.30. The second-order valence-electron chi connectivity index (χ2n) is 17.8. The van der Waals surface area contributed by atoms with E-state index in [0.717, 1.165) is 77.0 Å². The lowest BCUT2D eigenvalue weighted by Gasteiger charge is -2.18. The van der Waals surface area contributed by atoms with E-state index >= 15 is 0 Å². The zero-order chi connectivity index (χ0) is 43.0. The van der Waals surface area contributed by atoms with Crippen molar-refractivity contribution in [2.24, 2.45) is 0 Å². The molecule has 0 amide bonds. The van der Waals surface area contributed by atoms with Crippen LogP contribution in [0.2, 0.25) is 0 Å². The van der Waals surface area contributed by atoms with Gasteiger partial charge in [0.2, 0.25) is 0 Å². The van der Waals surface area contributed by atoms with Gasteiger partial charge in [-0.2, -0.15) is 0 Å². The van der Waals surface area contributed by atoms with Crippen LogP contribution in [0.3, 0.4) is 0 Å². The Kier molecular flexibility index (Phi) is 47.3. The highest BCUT2D eigenvalue weighted by molar-refractivity contribution is 5.71. The highest BCUT2D eigenvalue weighted by Crippen LogP contribution is 2.17. The molecule has 59 heavy (non-hydrogen) atoms. The van der Waals surface area contributed by atoms with Crippen molar-refractivity contribution in [2.45, 2.75) is 297 Å². The molecule has 0 radical (unpaired) electrons. The minimum atomic E-state index is -0.766. The SMILES string of the molecule is CCCC/C=C\CCCCCCC(=O)OCC(COC(=O)CCCCCCCCCCCCCCCCCCCC)OC(=O)CCCCCCCCCCCCCCC. The zero-order valence-electron chi connectivity index (χ0n) is 39.8. The van der Waals surface area contributed by atoms with E-state index < -0.39 is 6.10 Å². The van der Waals surface area contributed by atoms with Gasteiger partial charge in [-0.1, -0.05) is 245 Å². The quantitative estimate of drug-likeness (QED) is 0.0263. The number of rotatable bonds is 48. The summed E-state index contributed by atoms with van der Waals surface area (Å²) >= 11 is 0. The first-order valence-corrected chi connectivity index (χ1v) is 26.2. The maximum Gasteiger partial charge on any atom is 0.306 e. The summed E-state index contributed by atoms with van der Waals surface area (Å²) in [6.45, 7) is 6.62. The molecule has 0 aliphatic carbocycles. The van der Waals surface area contributed by atoms with Crippen molar-refractivity contribution in [3.8, 4) is 0 Å². The molecule has 0 aliphatic heterocycles. The van der Waals surface area contributed by atoms with Gasteiger partial charge in [-0.15, -0.1) is 0 Å². The topological polar surface area (TPSA) is 78.9 Å². The Morgan fingerprint density at radius 3 is 0.898 bits per heavy atom. The fourth-order valence-electron chi connectivity index (χ4n) is 7.78. The third-order valence-corrected chi connectivity index (χ3v) is 11.8. The van der Waals surface area contributed by atoms with Crippen LogP contribution in [0, 0.1) is 0 Å². The van der Waals surface area contributed by atoms with Crippen molar-refractivity contribution in [3.05, 3.63) is 12.2 Å². The van der Waals surface area contributed by atoms with E-state index in [2.05, 4.69) is 32.9 Å². The lowest BCUT2D eigenvalue weighted by atomic mass is 10.0. The van der Waals surface area contributed by atoms with Crippen molar-refractivity contribution in [3.63, 3.8) is 0 Å². The van der Waals surface area contributed by atoms with Crippen molar-refractivity contribution >= 4 is 17.9 Å². The van der Waals surface area contributed by atoms with Crippen molar-refractivity contribution in [1.29, 1.82) is 0 Å². The molecule has 6 heteroatoms. The summed E-state index contributed by atoms with van der Waals surface area (Å²) in [5, 5.41) is 0. The van der Waals surface area contributed by atoms with E-state index in [4.69, 9.17) is 14.2 Å².